The number of ether oxygens (including phenoxy) is 1. The molecule has 0 aromatic heterocycles. The summed E-state index contributed by atoms with van der Waals surface area (Å²) < 4.78 is 47.8. The SMILES string of the molecule is CC(C)NC(=O)N(C)C[C@H]1Oc2ccc(NS(=O)(=O)c3ccc(F)cc3)cc2CC(=O)N([C@@H](C)CO)C[C@H]1C. The lowest BCUT2D eigenvalue weighted by Crippen LogP contribution is -2.49. The van der Waals surface area contributed by atoms with Crippen LogP contribution in [0.3, 0.4) is 0 Å². The van der Waals surface area contributed by atoms with Gasteiger partial charge in [-0.3, -0.25) is 9.52 Å². The number of urea groups is 1. The molecule has 1 heterocycles. The summed E-state index contributed by atoms with van der Waals surface area (Å²) in [5.74, 6) is -0.626. The molecule has 2 aromatic carbocycles. The molecule has 3 atom stereocenters. The third kappa shape index (κ3) is 7.82. The van der Waals surface area contributed by atoms with Gasteiger partial charge in [0, 0.05) is 36.8 Å². The highest BCUT2D eigenvalue weighted by Crippen LogP contribution is 2.30. The highest BCUT2D eigenvalue weighted by atomic mass is 32.2. The molecule has 0 radical (unpaired) electrons. The van der Waals surface area contributed by atoms with Crippen molar-refractivity contribution in [1.29, 1.82) is 0 Å². The Labute approximate surface area is 229 Å². The lowest BCUT2D eigenvalue weighted by atomic mass is 10.0. The quantitative estimate of drug-likeness (QED) is 0.453. The summed E-state index contributed by atoms with van der Waals surface area (Å²) in [5, 5.41) is 12.6. The Morgan fingerprint density at radius 3 is 2.49 bits per heavy atom. The van der Waals surface area contributed by atoms with Crippen molar-refractivity contribution < 1.29 is 32.2 Å². The van der Waals surface area contributed by atoms with Gasteiger partial charge in [0.15, 0.2) is 0 Å². The third-order valence-corrected chi connectivity index (χ3v) is 7.90. The lowest BCUT2D eigenvalue weighted by Gasteiger charge is -2.34. The number of fused-ring (bicyclic) bond motifs is 1. The molecule has 1 aliphatic rings. The fourth-order valence-electron chi connectivity index (χ4n) is 4.25. The second-order valence-corrected chi connectivity index (χ2v) is 11.9. The Hall–Kier alpha value is -3.38. The molecule has 214 valence electrons. The minimum atomic E-state index is -4.01. The molecule has 12 heteroatoms. The van der Waals surface area contributed by atoms with Crippen LogP contribution in [0.15, 0.2) is 47.4 Å². The van der Waals surface area contributed by atoms with Gasteiger partial charge in [-0.1, -0.05) is 6.92 Å². The number of aliphatic hydroxyl groups excluding tert-OH is 1. The van der Waals surface area contributed by atoms with Crippen LogP contribution in [-0.4, -0.2) is 80.2 Å². The number of hydrogen-bond acceptors (Lipinski definition) is 6. The molecule has 0 aliphatic carbocycles. The smallest absolute Gasteiger partial charge is 0.317 e. The van der Waals surface area contributed by atoms with E-state index in [0.29, 0.717) is 17.9 Å². The van der Waals surface area contributed by atoms with Gasteiger partial charge in [-0.15, -0.1) is 0 Å². The first-order valence-electron chi connectivity index (χ1n) is 12.8. The van der Waals surface area contributed by atoms with Gasteiger partial charge in [0.1, 0.15) is 17.7 Å². The van der Waals surface area contributed by atoms with E-state index in [-0.39, 0.29) is 54.1 Å². The molecule has 0 spiro atoms. The maximum absolute atomic E-state index is 13.3. The van der Waals surface area contributed by atoms with Gasteiger partial charge in [-0.05, 0) is 63.2 Å². The Kier molecular flexibility index (Phi) is 9.78. The molecular formula is C27H37FN4O6S. The first kappa shape index (κ1) is 30.2. The number of anilines is 1. The van der Waals surface area contributed by atoms with Crippen molar-refractivity contribution >= 4 is 27.6 Å². The lowest BCUT2D eigenvalue weighted by molar-refractivity contribution is -0.134. The summed E-state index contributed by atoms with van der Waals surface area (Å²) in [6.45, 7) is 7.68. The number of hydrogen-bond donors (Lipinski definition) is 3. The van der Waals surface area contributed by atoms with Gasteiger partial charge in [0.25, 0.3) is 10.0 Å². The molecule has 10 nitrogen and oxygen atoms in total. The summed E-state index contributed by atoms with van der Waals surface area (Å²) in [4.78, 5) is 28.9. The van der Waals surface area contributed by atoms with Crippen molar-refractivity contribution in [3.05, 3.63) is 53.8 Å². The number of aliphatic hydroxyl groups is 1. The van der Waals surface area contributed by atoms with E-state index >= 15 is 0 Å². The Bertz CT molecular complexity index is 1270. The summed E-state index contributed by atoms with van der Waals surface area (Å²) in [6, 6.07) is 8.31. The summed E-state index contributed by atoms with van der Waals surface area (Å²) in [5.41, 5.74) is 0.649. The topological polar surface area (TPSA) is 128 Å². The molecule has 3 amide bonds. The van der Waals surface area contributed by atoms with Crippen LogP contribution in [0.1, 0.15) is 33.3 Å². The second-order valence-electron chi connectivity index (χ2n) is 10.3. The van der Waals surface area contributed by atoms with E-state index in [4.69, 9.17) is 4.74 Å². The molecule has 0 saturated carbocycles. The van der Waals surface area contributed by atoms with Crippen LogP contribution >= 0.6 is 0 Å². The summed E-state index contributed by atoms with van der Waals surface area (Å²) >= 11 is 0. The highest BCUT2D eigenvalue weighted by molar-refractivity contribution is 7.92. The van der Waals surface area contributed by atoms with Gasteiger partial charge in [0.05, 0.1) is 30.5 Å². The number of halogens is 1. The van der Waals surface area contributed by atoms with Crippen molar-refractivity contribution in [2.45, 2.75) is 57.2 Å². The maximum Gasteiger partial charge on any atom is 0.317 e. The van der Waals surface area contributed by atoms with Gasteiger partial charge >= 0.3 is 6.03 Å². The first-order valence-corrected chi connectivity index (χ1v) is 14.3. The van der Waals surface area contributed by atoms with E-state index in [1.54, 1.807) is 24.9 Å². The standard InChI is InChI=1S/C27H37FN4O6S/c1-17(2)29-27(35)31(5)15-25-18(3)14-32(19(4)16-33)26(34)13-20-12-22(8-11-24(20)38-25)30-39(36,37)23-9-6-21(28)7-10-23/h6-12,17-19,25,30,33H,13-16H2,1-5H3,(H,29,35)/t18-,19+,25-/m1/s1. The average molecular weight is 565 g/mol. The fraction of sp³-hybridized carbons (Fsp3) is 0.481. The minimum absolute atomic E-state index is 0.0461. The van der Waals surface area contributed by atoms with Crippen LogP contribution in [-0.2, 0) is 21.2 Å². The normalized spacial score (nSPS) is 18.8. The van der Waals surface area contributed by atoms with Crippen molar-refractivity contribution in [2.24, 2.45) is 5.92 Å². The van der Waals surface area contributed by atoms with E-state index < -0.39 is 28.0 Å². The second kappa shape index (κ2) is 12.6. The molecule has 1 aliphatic heterocycles. The molecule has 0 bridgehead atoms. The molecule has 0 fully saturated rings. The first-order chi connectivity index (χ1) is 18.3. The number of nitrogens with one attached hydrogen (secondary N) is 2. The fourth-order valence-corrected chi connectivity index (χ4v) is 5.30. The number of amides is 3. The van der Waals surface area contributed by atoms with E-state index in [0.717, 1.165) is 24.3 Å². The largest absolute Gasteiger partial charge is 0.488 e. The van der Waals surface area contributed by atoms with Crippen molar-refractivity contribution in [3.63, 3.8) is 0 Å². The minimum Gasteiger partial charge on any atom is -0.488 e. The maximum atomic E-state index is 13.3. The average Bonchev–Trinajstić information content (AvgIpc) is 2.91. The molecule has 39 heavy (non-hydrogen) atoms. The summed E-state index contributed by atoms with van der Waals surface area (Å²) in [6.07, 6.45) is -0.595. The van der Waals surface area contributed by atoms with E-state index in [1.807, 2.05) is 20.8 Å². The van der Waals surface area contributed by atoms with Crippen LogP contribution in [0.2, 0.25) is 0 Å². The molecular weight excluding hydrogens is 527 g/mol. The zero-order valence-corrected chi connectivity index (χ0v) is 23.7. The number of nitrogens with zero attached hydrogens (tertiary/aromatic N) is 2. The van der Waals surface area contributed by atoms with Crippen molar-refractivity contribution in [1.82, 2.24) is 15.1 Å². The Morgan fingerprint density at radius 1 is 1.21 bits per heavy atom. The Balaban J connectivity index is 1.95. The number of carbonyl (C=O) groups is 2. The number of likely N-dealkylation sites (N-methyl/N-ethyl adjacent to an activating group) is 1. The van der Waals surface area contributed by atoms with Crippen LogP contribution < -0.4 is 14.8 Å². The Morgan fingerprint density at radius 2 is 1.87 bits per heavy atom. The van der Waals surface area contributed by atoms with E-state index in [2.05, 4.69) is 10.0 Å². The van der Waals surface area contributed by atoms with Crippen LogP contribution in [0.5, 0.6) is 5.75 Å². The number of carbonyl (C=O) groups excluding carboxylic acids is 2. The summed E-state index contributed by atoms with van der Waals surface area (Å²) in [7, 11) is -2.35. The van der Waals surface area contributed by atoms with E-state index in [9.17, 15) is 27.5 Å². The molecule has 3 rings (SSSR count). The van der Waals surface area contributed by atoms with E-state index in [1.165, 1.54) is 17.0 Å². The van der Waals surface area contributed by atoms with Gasteiger partial charge in [-0.2, -0.15) is 0 Å². The monoisotopic (exact) mass is 564 g/mol. The van der Waals surface area contributed by atoms with Crippen LogP contribution in [0.25, 0.3) is 0 Å². The molecule has 2 aromatic rings. The zero-order valence-electron chi connectivity index (χ0n) is 22.8. The van der Waals surface area contributed by atoms with Crippen molar-refractivity contribution in [2.75, 3.05) is 31.5 Å². The zero-order chi connectivity index (χ0) is 28.9. The highest BCUT2D eigenvalue weighted by Gasteiger charge is 2.32. The number of sulfonamides is 1. The van der Waals surface area contributed by atoms with Gasteiger partial charge in [-0.25, -0.2) is 17.6 Å². The third-order valence-electron chi connectivity index (χ3n) is 6.51. The van der Waals surface area contributed by atoms with Gasteiger partial charge in [0.2, 0.25) is 5.91 Å². The molecule has 0 unspecified atom stereocenters. The van der Waals surface area contributed by atoms with Crippen LogP contribution in [0, 0.1) is 11.7 Å². The predicted octanol–water partition coefficient (Wildman–Crippen LogP) is 2.83. The number of benzene rings is 2. The number of rotatable bonds is 8. The molecule has 3 N–H and O–H groups in total. The van der Waals surface area contributed by atoms with Crippen molar-refractivity contribution in [3.8, 4) is 5.75 Å². The van der Waals surface area contributed by atoms with Gasteiger partial charge < -0.3 is 25.0 Å². The predicted molar refractivity (Wildman–Crippen MR) is 145 cm³/mol. The molecule has 0 saturated heterocycles. The van der Waals surface area contributed by atoms with Crippen LogP contribution in [0.4, 0.5) is 14.9 Å².